The van der Waals surface area contributed by atoms with Gasteiger partial charge in [-0.05, 0) is 27.2 Å². The summed E-state index contributed by atoms with van der Waals surface area (Å²) in [7, 11) is 0. The molecule has 0 aromatic carbocycles. The quantitative estimate of drug-likeness (QED) is 0.783. The molecule has 0 saturated heterocycles. The molecule has 0 unspecified atom stereocenters. The highest BCUT2D eigenvalue weighted by Gasteiger charge is 2.14. The molecule has 1 amide bonds. The van der Waals surface area contributed by atoms with E-state index in [1.165, 1.54) is 6.42 Å². The summed E-state index contributed by atoms with van der Waals surface area (Å²) in [4.78, 5) is 20.1. The lowest BCUT2D eigenvalue weighted by atomic mass is 10.2. The molecule has 0 aliphatic carbocycles. The summed E-state index contributed by atoms with van der Waals surface area (Å²) < 4.78 is 4.99. The molecule has 1 N–H and O–H groups in total. The first-order chi connectivity index (χ1) is 8.28. The van der Waals surface area contributed by atoms with Gasteiger partial charge in [-0.1, -0.05) is 34.1 Å². The second-order valence-corrected chi connectivity index (χ2v) is 4.71. The number of rotatable bonds is 3. The molecule has 0 saturated carbocycles. The molecule has 0 radical (unpaired) electrons. The Hall–Kier alpha value is -1.06. The number of amides is 1. The Morgan fingerprint density at radius 3 is 1.78 bits per heavy atom. The topological polar surface area (TPSA) is 55.4 Å². The minimum absolute atomic E-state index is 0.334. The Balaban J connectivity index is -0.000000266. The summed E-state index contributed by atoms with van der Waals surface area (Å²) in [5.41, 5.74) is -0.391. The number of alkyl carbamates (subject to hydrolysis) is 1. The Morgan fingerprint density at radius 2 is 1.56 bits per heavy atom. The van der Waals surface area contributed by atoms with Crippen LogP contribution < -0.4 is 5.32 Å². The van der Waals surface area contributed by atoms with Crippen LogP contribution in [0.5, 0.6) is 0 Å². The maximum Gasteiger partial charge on any atom is 0.407 e. The predicted octanol–water partition coefficient (Wildman–Crippen LogP) is 3.93. The molecule has 0 rings (SSSR count). The number of ether oxygens (including phenoxy) is 1. The van der Waals surface area contributed by atoms with E-state index >= 15 is 0 Å². The summed E-state index contributed by atoms with van der Waals surface area (Å²) in [6, 6.07) is 0. The SMILES string of the molecule is CCC.CCC=O.CCCNC(=O)OC(C)(C)C. The molecule has 0 fully saturated rings. The standard InChI is InChI=1S/C8H17NO2.C3H6O.C3H8/c1-5-6-9-7(10)11-8(2,3)4;1-2-3-4;1-3-2/h5-6H2,1-4H3,(H,9,10);3H,2H2,1H3;3H2,1-2H3. The number of aldehydes is 1. The van der Waals surface area contributed by atoms with Crippen molar-refractivity contribution in [3.8, 4) is 0 Å². The highest BCUT2D eigenvalue weighted by molar-refractivity contribution is 5.67. The highest BCUT2D eigenvalue weighted by atomic mass is 16.6. The van der Waals surface area contributed by atoms with Crippen molar-refractivity contribution in [1.82, 2.24) is 5.32 Å². The fourth-order valence-corrected chi connectivity index (χ4v) is 0.541. The molecule has 0 aromatic rings. The van der Waals surface area contributed by atoms with Crippen LogP contribution in [0.15, 0.2) is 0 Å². The summed E-state index contributed by atoms with van der Waals surface area (Å²) in [6.45, 7) is 14.3. The molecule has 0 atom stereocenters. The van der Waals surface area contributed by atoms with Crippen LogP contribution in [0.4, 0.5) is 4.79 Å². The van der Waals surface area contributed by atoms with Gasteiger partial charge in [0.1, 0.15) is 11.9 Å². The van der Waals surface area contributed by atoms with E-state index in [2.05, 4.69) is 19.2 Å². The second kappa shape index (κ2) is 15.9. The predicted molar refractivity (Wildman–Crippen MR) is 76.8 cm³/mol. The molecule has 0 aromatic heterocycles. The van der Waals surface area contributed by atoms with E-state index in [0.29, 0.717) is 13.0 Å². The molecule has 18 heavy (non-hydrogen) atoms. The van der Waals surface area contributed by atoms with Crippen molar-refractivity contribution in [3.05, 3.63) is 0 Å². The molecular weight excluding hydrogens is 230 g/mol. The van der Waals surface area contributed by atoms with Gasteiger partial charge in [-0.15, -0.1) is 0 Å². The zero-order valence-corrected chi connectivity index (χ0v) is 13.1. The maximum absolute atomic E-state index is 10.9. The van der Waals surface area contributed by atoms with Gasteiger partial charge in [-0.25, -0.2) is 4.79 Å². The van der Waals surface area contributed by atoms with Crippen LogP contribution in [0.1, 0.15) is 67.7 Å². The average molecular weight is 261 g/mol. The van der Waals surface area contributed by atoms with Crippen molar-refractivity contribution < 1.29 is 14.3 Å². The van der Waals surface area contributed by atoms with Crippen molar-refractivity contribution in [1.29, 1.82) is 0 Å². The van der Waals surface area contributed by atoms with Crippen molar-refractivity contribution in [2.24, 2.45) is 0 Å². The maximum atomic E-state index is 10.9. The van der Waals surface area contributed by atoms with Gasteiger partial charge >= 0.3 is 6.09 Å². The van der Waals surface area contributed by atoms with Crippen LogP contribution in [0.3, 0.4) is 0 Å². The third-order valence-corrected chi connectivity index (χ3v) is 1.08. The lowest BCUT2D eigenvalue weighted by Gasteiger charge is -2.19. The lowest BCUT2D eigenvalue weighted by molar-refractivity contribution is -0.107. The number of hydrogen-bond acceptors (Lipinski definition) is 3. The number of carbonyl (C=O) groups is 2. The van der Waals surface area contributed by atoms with E-state index in [1.807, 2.05) is 34.6 Å². The smallest absolute Gasteiger partial charge is 0.407 e. The zero-order chi connectivity index (χ0) is 15.0. The summed E-state index contributed by atoms with van der Waals surface area (Å²) in [5, 5.41) is 2.63. The van der Waals surface area contributed by atoms with Gasteiger partial charge in [0.05, 0.1) is 0 Å². The molecule has 0 aliphatic rings. The van der Waals surface area contributed by atoms with Crippen molar-refractivity contribution in [2.45, 2.75) is 73.3 Å². The van der Waals surface area contributed by atoms with Gasteiger partial charge in [-0.2, -0.15) is 0 Å². The molecule has 0 bridgehead atoms. The van der Waals surface area contributed by atoms with E-state index in [0.717, 1.165) is 12.7 Å². The van der Waals surface area contributed by atoms with Gasteiger partial charge in [0.2, 0.25) is 0 Å². The normalized spacial score (nSPS) is 9.06. The summed E-state index contributed by atoms with van der Waals surface area (Å²) in [5.74, 6) is 0. The van der Waals surface area contributed by atoms with Crippen LogP contribution in [0.25, 0.3) is 0 Å². The third kappa shape index (κ3) is 36.3. The fraction of sp³-hybridized carbons (Fsp3) is 0.857. The fourth-order valence-electron chi connectivity index (χ4n) is 0.541. The minimum atomic E-state index is -0.391. The van der Waals surface area contributed by atoms with Gasteiger partial charge in [0.25, 0.3) is 0 Å². The van der Waals surface area contributed by atoms with Gasteiger partial charge < -0.3 is 14.8 Å². The van der Waals surface area contributed by atoms with Crippen LogP contribution in [-0.2, 0) is 9.53 Å². The third-order valence-electron chi connectivity index (χ3n) is 1.08. The molecule has 0 aliphatic heterocycles. The van der Waals surface area contributed by atoms with E-state index in [9.17, 15) is 9.59 Å². The Kier molecular flexibility index (Phi) is 19.6. The molecule has 110 valence electrons. The first-order valence-corrected chi connectivity index (χ1v) is 6.69. The van der Waals surface area contributed by atoms with Gasteiger partial charge in [-0.3, -0.25) is 0 Å². The van der Waals surface area contributed by atoms with E-state index in [1.54, 1.807) is 0 Å². The van der Waals surface area contributed by atoms with Crippen LogP contribution in [0, 0.1) is 0 Å². The number of nitrogens with one attached hydrogen (secondary N) is 1. The van der Waals surface area contributed by atoms with E-state index in [-0.39, 0.29) is 6.09 Å². The van der Waals surface area contributed by atoms with Crippen molar-refractivity contribution in [3.63, 3.8) is 0 Å². The largest absolute Gasteiger partial charge is 0.444 e. The van der Waals surface area contributed by atoms with Crippen LogP contribution in [-0.4, -0.2) is 24.5 Å². The summed E-state index contributed by atoms with van der Waals surface area (Å²) >= 11 is 0. The zero-order valence-electron chi connectivity index (χ0n) is 13.1. The molecular formula is C14H31NO3. The summed E-state index contributed by atoms with van der Waals surface area (Å²) in [6.07, 6.45) is 3.36. The number of hydrogen-bond donors (Lipinski definition) is 1. The molecule has 0 heterocycles. The Labute approximate surface area is 112 Å². The molecule has 4 heteroatoms. The monoisotopic (exact) mass is 261 g/mol. The van der Waals surface area contributed by atoms with Crippen molar-refractivity contribution >= 4 is 12.4 Å². The van der Waals surface area contributed by atoms with Gasteiger partial charge in [0.15, 0.2) is 0 Å². The molecule has 4 nitrogen and oxygen atoms in total. The van der Waals surface area contributed by atoms with Crippen LogP contribution in [0.2, 0.25) is 0 Å². The molecule has 0 spiro atoms. The Morgan fingerprint density at radius 1 is 1.17 bits per heavy atom. The highest BCUT2D eigenvalue weighted by Crippen LogP contribution is 2.05. The lowest BCUT2D eigenvalue weighted by Crippen LogP contribution is -2.32. The van der Waals surface area contributed by atoms with Gasteiger partial charge in [0, 0.05) is 13.0 Å². The first kappa shape index (κ1) is 22.1. The van der Waals surface area contributed by atoms with E-state index in [4.69, 9.17) is 4.74 Å². The van der Waals surface area contributed by atoms with Crippen LogP contribution >= 0.6 is 0 Å². The second-order valence-electron chi connectivity index (χ2n) is 4.71. The Bertz CT molecular complexity index is 186. The first-order valence-electron chi connectivity index (χ1n) is 6.69. The minimum Gasteiger partial charge on any atom is -0.444 e. The van der Waals surface area contributed by atoms with Crippen molar-refractivity contribution in [2.75, 3.05) is 6.54 Å². The number of carbonyl (C=O) groups excluding carboxylic acids is 2. The van der Waals surface area contributed by atoms with E-state index < -0.39 is 5.60 Å². The average Bonchev–Trinajstić information content (AvgIpc) is 2.25.